The lowest BCUT2D eigenvalue weighted by atomic mass is 10.0. The van der Waals surface area contributed by atoms with E-state index in [1.54, 1.807) is 0 Å². The average Bonchev–Trinajstić information content (AvgIpc) is 2.58. The molecule has 1 nitrogen and oxygen atoms in total. The van der Waals surface area contributed by atoms with Crippen LogP contribution in [0.4, 0.5) is 4.11 Å². The molecule has 1 atom stereocenters. The normalized spacial score (nSPS) is 12.0. The quantitative estimate of drug-likeness (QED) is 0.187. The minimum Gasteiger partial charge on any atom is -0.393 e. The standard InChI is InChI=1S/C20H42O.FH3Si/c1-3-5-7-9-11-12-13-15-17-19-20(21)18-16-14-10-8-6-4-2;1-2/h20-21H,3-19H2,1-2H3;2H3. The second kappa shape index (κ2) is 24.4. The smallest absolute Gasteiger partial charge is 0.201 e. The van der Waals surface area contributed by atoms with Gasteiger partial charge in [-0.2, -0.15) is 0 Å². The van der Waals surface area contributed by atoms with Crippen LogP contribution in [0.5, 0.6) is 0 Å². The summed E-state index contributed by atoms with van der Waals surface area (Å²) in [6.45, 7) is 4.53. The van der Waals surface area contributed by atoms with Crippen molar-refractivity contribution in [1.29, 1.82) is 0 Å². The van der Waals surface area contributed by atoms with Gasteiger partial charge >= 0.3 is 0 Å². The van der Waals surface area contributed by atoms with Gasteiger partial charge in [0.25, 0.3) is 0 Å². The SMILES string of the molecule is CCCCCCCCCCCC(O)CCCCCCCC.F[SiH3]. The summed E-state index contributed by atoms with van der Waals surface area (Å²) in [6, 6.07) is 0. The fourth-order valence-electron chi connectivity index (χ4n) is 3.00. The molecule has 142 valence electrons. The number of hydrogen-bond acceptors (Lipinski definition) is 1. The second-order valence-electron chi connectivity index (χ2n) is 6.83. The third kappa shape index (κ3) is 24.5. The zero-order valence-electron chi connectivity index (χ0n) is 16.4. The van der Waals surface area contributed by atoms with Gasteiger partial charge in [0.15, 0.2) is 0 Å². The summed E-state index contributed by atoms with van der Waals surface area (Å²) in [5.41, 5.74) is 0. The molecule has 0 spiro atoms. The molecule has 0 fully saturated rings. The molecule has 0 aliphatic carbocycles. The van der Waals surface area contributed by atoms with Gasteiger partial charge in [-0.15, -0.1) is 0 Å². The lowest BCUT2D eigenvalue weighted by molar-refractivity contribution is 0.147. The predicted octanol–water partition coefficient (Wildman–Crippen LogP) is 6.26. The molecule has 23 heavy (non-hydrogen) atoms. The Morgan fingerprint density at radius 3 is 1.13 bits per heavy atom. The maximum Gasteiger partial charge on any atom is 0.201 e. The van der Waals surface area contributed by atoms with Crippen molar-refractivity contribution in [3.8, 4) is 0 Å². The lowest BCUT2D eigenvalue weighted by Gasteiger charge is -2.10. The Labute approximate surface area is 149 Å². The van der Waals surface area contributed by atoms with Gasteiger partial charge in [-0.05, 0) is 12.8 Å². The summed E-state index contributed by atoms with van der Waals surface area (Å²) in [5.74, 6) is 0. The maximum atomic E-state index is 9.95. The Balaban J connectivity index is 0. The topological polar surface area (TPSA) is 20.2 Å². The highest BCUT2D eigenvalue weighted by atomic mass is 28.2. The van der Waals surface area contributed by atoms with Crippen LogP contribution in [0.2, 0.25) is 0 Å². The highest BCUT2D eigenvalue weighted by molar-refractivity contribution is 5.96. The van der Waals surface area contributed by atoms with E-state index < -0.39 is 0 Å². The number of halogens is 1. The van der Waals surface area contributed by atoms with Crippen LogP contribution in [0.1, 0.15) is 123 Å². The van der Waals surface area contributed by atoms with Crippen molar-refractivity contribution in [2.75, 3.05) is 0 Å². The van der Waals surface area contributed by atoms with Gasteiger partial charge in [-0.3, -0.25) is 0 Å². The monoisotopic (exact) mass is 348 g/mol. The van der Waals surface area contributed by atoms with Gasteiger partial charge in [0, 0.05) is 0 Å². The Bertz CT molecular complexity index is 190. The number of aliphatic hydroxyl groups excluding tert-OH is 1. The van der Waals surface area contributed by atoms with Gasteiger partial charge in [0.05, 0.1) is 6.10 Å². The molecule has 0 amide bonds. The Morgan fingerprint density at radius 2 is 0.826 bits per heavy atom. The zero-order chi connectivity index (χ0) is 17.6. The van der Waals surface area contributed by atoms with E-state index in [4.69, 9.17) is 0 Å². The molecule has 1 unspecified atom stereocenters. The van der Waals surface area contributed by atoms with E-state index in [2.05, 4.69) is 13.8 Å². The predicted molar refractivity (Wildman–Crippen MR) is 107 cm³/mol. The molecule has 0 radical (unpaired) electrons. The Morgan fingerprint density at radius 1 is 0.565 bits per heavy atom. The summed E-state index contributed by atoms with van der Waals surface area (Å²) >= 11 is 0. The third-order valence-corrected chi connectivity index (χ3v) is 4.53. The average molecular weight is 349 g/mol. The van der Waals surface area contributed by atoms with Crippen molar-refractivity contribution < 1.29 is 9.21 Å². The number of aliphatic hydroxyl groups is 1. The molecule has 0 bridgehead atoms. The zero-order valence-corrected chi connectivity index (χ0v) is 18.4. The van der Waals surface area contributed by atoms with Crippen LogP contribution in [0, 0.1) is 0 Å². The van der Waals surface area contributed by atoms with E-state index in [1.807, 2.05) is 0 Å². The van der Waals surface area contributed by atoms with E-state index in [9.17, 15) is 9.21 Å². The van der Waals surface area contributed by atoms with Gasteiger partial charge < -0.3 is 9.21 Å². The van der Waals surface area contributed by atoms with Crippen molar-refractivity contribution in [3.63, 3.8) is 0 Å². The molecule has 0 aliphatic heterocycles. The van der Waals surface area contributed by atoms with E-state index in [0.717, 1.165) is 12.8 Å². The first-order valence-corrected chi connectivity index (χ1v) is 11.1. The van der Waals surface area contributed by atoms with Crippen LogP contribution in [-0.4, -0.2) is 21.8 Å². The summed E-state index contributed by atoms with van der Waals surface area (Å²) < 4.78 is 9.64. The molecule has 3 heteroatoms. The minimum atomic E-state index is -0.194. The van der Waals surface area contributed by atoms with Crippen LogP contribution in [-0.2, 0) is 0 Å². The number of rotatable bonds is 17. The third-order valence-electron chi connectivity index (χ3n) is 4.53. The van der Waals surface area contributed by atoms with Gasteiger partial charge in [0.1, 0.15) is 0 Å². The van der Waals surface area contributed by atoms with Crippen LogP contribution < -0.4 is 0 Å². The van der Waals surface area contributed by atoms with Crippen molar-refractivity contribution >= 4 is 10.6 Å². The van der Waals surface area contributed by atoms with Crippen molar-refractivity contribution in [3.05, 3.63) is 0 Å². The van der Waals surface area contributed by atoms with E-state index in [1.165, 1.54) is 96.3 Å². The fraction of sp³-hybridized carbons (Fsp3) is 1.00. The molecule has 0 saturated carbocycles. The lowest BCUT2D eigenvalue weighted by Crippen LogP contribution is -2.05. The molecular weight excluding hydrogens is 303 g/mol. The van der Waals surface area contributed by atoms with Crippen LogP contribution in [0.25, 0.3) is 0 Å². The largest absolute Gasteiger partial charge is 0.393 e. The molecule has 0 aromatic heterocycles. The maximum absolute atomic E-state index is 9.95. The van der Waals surface area contributed by atoms with Crippen molar-refractivity contribution in [2.24, 2.45) is 0 Å². The summed E-state index contributed by atoms with van der Waals surface area (Å²) in [6.07, 6.45) is 22.3. The summed E-state index contributed by atoms with van der Waals surface area (Å²) in [7, 11) is -0.194. The van der Waals surface area contributed by atoms with Crippen LogP contribution in [0.3, 0.4) is 0 Å². The summed E-state index contributed by atoms with van der Waals surface area (Å²) in [4.78, 5) is 0. The fourth-order valence-corrected chi connectivity index (χ4v) is 3.00. The van der Waals surface area contributed by atoms with Crippen molar-refractivity contribution in [1.82, 2.24) is 0 Å². The molecule has 0 heterocycles. The first kappa shape index (κ1) is 25.3. The molecule has 0 aliphatic rings. The molecule has 1 N–H and O–H groups in total. The molecular formula is C20H45FOSi. The second-order valence-corrected chi connectivity index (χ2v) is 6.83. The highest BCUT2D eigenvalue weighted by Gasteiger charge is 2.03. The van der Waals surface area contributed by atoms with E-state index >= 15 is 0 Å². The van der Waals surface area contributed by atoms with Gasteiger partial charge in [-0.1, -0.05) is 110 Å². The van der Waals surface area contributed by atoms with Crippen LogP contribution in [0.15, 0.2) is 0 Å². The summed E-state index contributed by atoms with van der Waals surface area (Å²) in [5, 5.41) is 9.95. The Kier molecular flexibility index (Phi) is 26.8. The first-order valence-electron chi connectivity index (χ1n) is 10.4. The first-order chi connectivity index (χ1) is 11.3. The van der Waals surface area contributed by atoms with E-state index in [-0.39, 0.29) is 16.7 Å². The highest BCUT2D eigenvalue weighted by Crippen LogP contribution is 2.14. The molecule has 0 aromatic carbocycles. The molecule has 0 saturated heterocycles. The minimum absolute atomic E-state index is 0.0271. The molecule has 0 rings (SSSR count). The molecule has 0 aromatic rings. The Hall–Kier alpha value is 0.107. The van der Waals surface area contributed by atoms with Crippen LogP contribution >= 0.6 is 0 Å². The van der Waals surface area contributed by atoms with Gasteiger partial charge in [0.2, 0.25) is 10.6 Å². The number of unbranched alkanes of at least 4 members (excludes halogenated alkanes) is 13. The van der Waals surface area contributed by atoms with E-state index in [0.29, 0.717) is 0 Å². The number of hydrogen-bond donors (Lipinski definition) is 1. The van der Waals surface area contributed by atoms with Crippen molar-refractivity contribution in [2.45, 2.75) is 129 Å². The van der Waals surface area contributed by atoms with Gasteiger partial charge in [-0.25, -0.2) is 0 Å².